The number of ether oxygens (including phenoxy) is 1. The number of benzene rings is 1. The number of hydrogen-bond acceptors (Lipinski definition) is 4. The van der Waals surface area contributed by atoms with Crippen LogP contribution in [0.5, 0.6) is 0 Å². The molecule has 1 aromatic carbocycles. The summed E-state index contributed by atoms with van der Waals surface area (Å²) in [6.45, 7) is 0.735. The zero-order valence-electron chi connectivity index (χ0n) is 11.9. The molecule has 1 aromatic rings. The second-order valence-corrected chi connectivity index (χ2v) is 4.55. The van der Waals surface area contributed by atoms with E-state index >= 15 is 0 Å². The van der Waals surface area contributed by atoms with Gasteiger partial charge in [0.05, 0.1) is 13.0 Å². The summed E-state index contributed by atoms with van der Waals surface area (Å²) in [5.74, 6) is -0.187. The van der Waals surface area contributed by atoms with Gasteiger partial charge in [0.2, 0.25) is 11.8 Å². The number of nitrogens with one attached hydrogen (secondary N) is 1. The molecule has 0 aliphatic rings. The van der Waals surface area contributed by atoms with E-state index in [0.717, 1.165) is 5.56 Å². The number of anilines is 1. The molecule has 6 heteroatoms. The minimum atomic E-state index is -0.226. The van der Waals surface area contributed by atoms with Gasteiger partial charge in [-0.05, 0) is 17.7 Å². The number of rotatable bonds is 7. The van der Waals surface area contributed by atoms with Crippen molar-refractivity contribution < 1.29 is 14.3 Å². The van der Waals surface area contributed by atoms with Crippen LogP contribution in [0.3, 0.4) is 0 Å². The highest BCUT2D eigenvalue weighted by Gasteiger charge is 2.06. The van der Waals surface area contributed by atoms with Gasteiger partial charge in [-0.2, -0.15) is 0 Å². The van der Waals surface area contributed by atoms with Crippen LogP contribution in [-0.4, -0.2) is 50.6 Å². The Morgan fingerprint density at radius 2 is 1.90 bits per heavy atom. The third kappa shape index (κ3) is 5.81. The minimum Gasteiger partial charge on any atom is -0.370 e. The van der Waals surface area contributed by atoms with Gasteiger partial charge in [0, 0.05) is 26.3 Å². The largest absolute Gasteiger partial charge is 0.370 e. The lowest BCUT2D eigenvalue weighted by Crippen LogP contribution is -2.23. The Bertz CT molecular complexity index is 443. The van der Waals surface area contributed by atoms with Crippen LogP contribution in [0.4, 0.5) is 5.69 Å². The summed E-state index contributed by atoms with van der Waals surface area (Å²) in [6.07, 6.45) is 0.348. The lowest BCUT2D eigenvalue weighted by molar-refractivity contribution is -0.128. The highest BCUT2D eigenvalue weighted by molar-refractivity contribution is 5.91. The van der Waals surface area contributed by atoms with Crippen molar-refractivity contribution in [2.45, 2.75) is 6.42 Å². The van der Waals surface area contributed by atoms with E-state index < -0.39 is 0 Å². The van der Waals surface area contributed by atoms with E-state index in [2.05, 4.69) is 5.32 Å². The molecule has 6 nitrogen and oxygen atoms in total. The summed E-state index contributed by atoms with van der Waals surface area (Å²) in [5.41, 5.74) is 6.83. The van der Waals surface area contributed by atoms with Crippen LogP contribution in [-0.2, 0) is 20.7 Å². The molecule has 110 valence electrons. The first-order valence-electron chi connectivity index (χ1n) is 6.39. The number of nitrogens with two attached hydrogens (primary N) is 1. The Kier molecular flexibility index (Phi) is 6.69. The number of likely N-dealkylation sites (N-methyl/N-ethyl adjacent to an activating group) is 1. The van der Waals surface area contributed by atoms with Gasteiger partial charge in [-0.25, -0.2) is 0 Å². The van der Waals surface area contributed by atoms with E-state index in [1.165, 1.54) is 0 Å². The molecular weight excluding hydrogens is 258 g/mol. The predicted molar refractivity (Wildman–Crippen MR) is 77.3 cm³/mol. The average molecular weight is 279 g/mol. The van der Waals surface area contributed by atoms with Gasteiger partial charge in [-0.1, -0.05) is 12.1 Å². The first-order chi connectivity index (χ1) is 9.52. The number of amides is 2. The first-order valence-corrected chi connectivity index (χ1v) is 6.39. The zero-order valence-corrected chi connectivity index (χ0v) is 11.9. The van der Waals surface area contributed by atoms with E-state index in [9.17, 15) is 9.59 Å². The van der Waals surface area contributed by atoms with Crippen LogP contribution in [0.25, 0.3) is 0 Å². The average Bonchev–Trinajstić information content (AvgIpc) is 2.41. The molecule has 0 aliphatic carbocycles. The molecule has 0 atom stereocenters. The molecule has 0 bridgehead atoms. The number of hydrogen-bond donors (Lipinski definition) is 2. The lowest BCUT2D eigenvalue weighted by atomic mass is 10.1. The Morgan fingerprint density at radius 3 is 2.45 bits per heavy atom. The second-order valence-electron chi connectivity index (χ2n) is 4.55. The summed E-state index contributed by atoms with van der Waals surface area (Å²) < 4.78 is 5.03. The number of nitrogens with zero attached hydrogens (tertiary/aromatic N) is 1. The van der Waals surface area contributed by atoms with Crippen molar-refractivity contribution in [3.8, 4) is 0 Å². The van der Waals surface area contributed by atoms with Crippen molar-refractivity contribution in [1.29, 1.82) is 0 Å². The molecule has 0 fully saturated rings. The van der Waals surface area contributed by atoms with E-state index in [1.54, 1.807) is 31.1 Å². The number of carbonyl (C=O) groups is 2. The highest BCUT2D eigenvalue weighted by Crippen LogP contribution is 2.10. The summed E-state index contributed by atoms with van der Waals surface area (Å²) in [5, 5.41) is 2.70. The van der Waals surface area contributed by atoms with E-state index in [-0.39, 0.29) is 18.4 Å². The van der Waals surface area contributed by atoms with Crippen molar-refractivity contribution in [3.05, 3.63) is 29.8 Å². The Morgan fingerprint density at radius 1 is 1.25 bits per heavy atom. The molecule has 3 N–H and O–H groups in total. The Labute approximate surface area is 118 Å². The van der Waals surface area contributed by atoms with Crippen molar-refractivity contribution in [1.82, 2.24) is 4.90 Å². The van der Waals surface area contributed by atoms with E-state index in [1.807, 2.05) is 12.1 Å². The van der Waals surface area contributed by atoms with Crippen molar-refractivity contribution >= 4 is 17.5 Å². The molecule has 0 radical (unpaired) electrons. The molecular formula is C14H21N3O3. The van der Waals surface area contributed by atoms with Gasteiger partial charge in [0.15, 0.2) is 0 Å². The fraction of sp³-hybridized carbons (Fsp3) is 0.429. The molecule has 0 saturated carbocycles. The van der Waals surface area contributed by atoms with Crippen LogP contribution in [0.15, 0.2) is 24.3 Å². The smallest absolute Gasteiger partial charge is 0.250 e. The quantitative estimate of drug-likeness (QED) is 0.700. The molecule has 20 heavy (non-hydrogen) atoms. The Balaban J connectivity index is 2.46. The maximum Gasteiger partial charge on any atom is 0.250 e. The Hall–Kier alpha value is -1.92. The highest BCUT2D eigenvalue weighted by atomic mass is 16.5. The molecule has 0 aliphatic heterocycles. The van der Waals surface area contributed by atoms with Crippen molar-refractivity contribution in [2.24, 2.45) is 5.73 Å². The van der Waals surface area contributed by atoms with Gasteiger partial charge in [-0.15, -0.1) is 0 Å². The summed E-state index contributed by atoms with van der Waals surface area (Å²) in [7, 11) is 3.44. The third-order valence-electron chi connectivity index (χ3n) is 2.59. The fourth-order valence-electron chi connectivity index (χ4n) is 1.48. The monoisotopic (exact) mass is 279 g/mol. The van der Waals surface area contributed by atoms with Crippen LogP contribution in [0.2, 0.25) is 0 Å². The maximum absolute atomic E-state index is 11.6. The van der Waals surface area contributed by atoms with Gasteiger partial charge >= 0.3 is 0 Å². The topological polar surface area (TPSA) is 84.7 Å². The molecule has 0 unspecified atom stereocenters. The van der Waals surface area contributed by atoms with Crippen LogP contribution in [0, 0.1) is 0 Å². The third-order valence-corrected chi connectivity index (χ3v) is 2.59. The van der Waals surface area contributed by atoms with Crippen molar-refractivity contribution in [3.63, 3.8) is 0 Å². The van der Waals surface area contributed by atoms with Crippen LogP contribution < -0.4 is 11.1 Å². The fourth-order valence-corrected chi connectivity index (χ4v) is 1.48. The first kappa shape index (κ1) is 16.1. The summed E-state index contributed by atoms with van der Waals surface area (Å²) in [6, 6.07) is 7.16. The summed E-state index contributed by atoms with van der Waals surface area (Å²) >= 11 is 0. The van der Waals surface area contributed by atoms with E-state index in [0.29, 0.717) is 25.3 Å². The number of carbonyl (C=O) groups excluding carboxylic acids is 2. The molecule has 0 spiro atoms. The van der Waals surface area contributed by atoms with Crippen LogP contribution >= 0.6 is 0 Å². The predicted octanol–water partition coefficient (Wildman–Crippen LogP) is 0.231. The lowest BCUT2D eigenvalue weighted by Gasteiger charge is -2.10. The summed E-state index contributed by atoms with van der Waals surface area (Å²) in [4.78, 5) is 24.6. The van der Waals surface area contributed by atoms with Gasteiger partial charge in [0.25, 0.3) is 0 Å². The SMILES string of the molecule is CN(C)C(=O)Cc1ccc(NC(=O)COCCN)cc1. The maximum atomic E-state index is 11.6. The van der Waals surface area contributed by atoms with Gasteiger partial charge < -0.3 is 20.7 Å². The molecule has 1 rings (SSSR count). The van der Waals surface area contributed by atoms with Crippen molar-refractivity contribution in [2.75, 3.05) is 39.2 Å². The normalized spacial score (nSPS) is 10.2. The second kappa shape index (κ2) is 8.29. The molecule has 0 saturated heterocycles. The molecule has 2 amide bonds. The zero-order chi connectivity index (χ0) is 15.0. The minimum absolute atomic E-state index is 0.0158. The van der Waals surface area contributed by atoms with Gasteiger partial charge in [0.1, 0.15) is 6.61 Å². The molecule has 0 heterocycles. The molecule has 0 aromatic heterocycles. The van der Waals surface area contributed by atoms with Crippen LogP contribution in [0.1, 0.15) is 5.56 Å². The van der Waals surface area contributed by atoms with Gasteiger partial charge in [-0.3, -0.25) is 9.59 Å². The standard InChI is InChI=1S/C14H21N3O3/c1-17(2)14(19)9-11-3-5-12(6-4-11)16-13(18)10-20-8-7-15/h3-6H,7-10,15H2,1-2H3,(H,16,18). The van der Waals surface area contributed by atoms with E-state index in [4.69, 9.17) is 10.5 Å².